The average molecular weight is 451 g/mol. The van der Waals surface area contributed by atoms with Crippen molar-refractivity contribution < 1.29 is 8.42 Å². The first-order chi connectivity index (χ1) is 15.5. The molecule has 0 radical (unpaired) electrons. The lowest BCUT2D eigenvalue weighted by Crippen LogP contribution is -2.49. The largest absolute Gasteiger partial charge is 0.354 e. The summed E-state index contributed by atoms with van der Waals surface area (Å²) in [5.41, 5.74) is 0.812. The van der Waals surface area contributed by atoms with Crippen LogP contribution in [0.4, 0.5) is 5.82 Å². The zero-order valence-electron chi connectivity index (χ0n) is 17.5. The monoisotopic (exact) mass is 450 g/mol. The lowest BCUT2D eigenvalue weighted by molar-refractivity contribution is 0.383. The van der Waals surface area contributed by atoms with Crippen LogP contribution in [-0.2, 0) is 10.0 Å². The molecule has 32 heavy (non-hydrogen) atoms. The Morgan fingerprint density at radius 1 is 0.906 bits per heavy atom. The Morgan fingerprint density at radius 2 is 1.66 bits per heavy atom. The number of imidazole rings is 1. The van der Waals surface area contributed by atoms with Crippen molar-refractivity contribution in [1.29, 1.82) is 0 Å². The summed E-state index contributed by atoms with van der Waals surface area (Å²) in [6.45, 7) is 3.70. The van der Waals surface area contributed by atoms with E-state index in [2.05, 4.69) is 25.0 Å². The van der Waals surface area contributed by atoms with Crippen molar-refractivity contribution in [2.24, 2.45) is 0 Å². The van der Waals surface area contributed by atoms with Crippen molar-refractivity contribution in [3.8, 4) is 11.5 Å². The van der Waals surface area contributed by atoms with Crippen LogP contribution in [0.25, 0.3) is 11.5 Å². The fourth-order valence-corrected chi connectivity index (χ4v) is 5.15. The maximum atomic E-state index is 13.1. The third-order valence-electron chi connectivity index (χ3n) is 5.39. The summed E-state index contributed by atoms with van der Waals surface area (Å²) in [6, 6.07) is 10.5. The van der Waals surface area contributed by atoms with Gasteiger partial charge in [-0.3, -0.25) is 4.57 Å². The van der Waals surface area contributed by atoms with E-state index in [1.807, 2.05) is 36.0 Å². The quantitative estimate of drug-likeness (QED) is 0.456. The molecule has 0 bridgehead atoms. The van der Waals surface area contributed by atoms with Gasteiger partial charge in [-0.2, -0.15) is 9.40 Å². The molecule has 11 heteroatoms. The molecule has 0 amide bonds. The molecular weight excluding hydrogens is 428 g/mol. The van der Waals surface area contributed by atoms with Crippen molar-refractivity contribution in [3.63, 3.8) is 0 Å². The van der Waals surface area contributed by atoms with Crippen molar-refractivity contribution in [1.82, 2.24) is 33.6 Å². The summed E-state index contributed by atoms with van der Waals surface area (Å²) in [5.74, 6) is 2.16. The predicted molar refractivity (Wildman–Crippen MR) is 118 cm³/mol. The van der Waals surface area contributed by atoms with E-state index < -0.39 is 10.0 Å². The fraction of sp³-hybridized carbons (Fsp3) is 0.238. The SMILES string of the molecule is Cc1nc(N2CCN(S(=O)(=O)c3ccc(-n4cccn4)cc3)CC2)cc(-n2ccnc2)n1. The van der Waals surface area contributed by atoms with Crippen LogP contribution in [0.3, 0.4) is 0 Å². The molecule has 3 aromatic heterocycles. The number of nitrogens with zero attached hydrogens (tertiary/aromatic N) is 8. The van der Waals surface area contributed by atoms with E-state index in [4.69, 9.17) is 0 Å². The normalized spacial score (nSPS) is 15.2. The molecule has 10 nitrogen and oxygen atoms in total. The maximum Gasteiger partial charge on any atom is 0.243 e. The molecule has 0 unspecified atom stereocenters. The van der Waals surface area contributed by atoms with E-state index in [9.17, 15) is 8.42 Å². The van der Waals surface area contributed by atoms with Gasteiger partial charge in [0.15, 0.2) is 0 Å². The molecule has 164 valence electrons. The molecule has 1 aromatic carbocycles. The van der Waals surface area contributed by atoms with Crippen LogP contribution in [0, 0.1) is 6.92 Å². The van der Waals surface area contributed by atoms with Gasteiger partial charge in [0.1, 0.15) is 23.8 Å². The molecule has 0 N–H and O–H groups in total. The lowest BCUT2D eigenvalue weighted by Gasteiger charge is -2.34. The summed E-state index contributed by atoms with van der Waals surface area (Å²) in [5, 5.41) is 4.17. The summed E-state index contributed by atoms with van der Waals surface area (Å²) >= 11 is 0. The molecule has 0 spiro atoms. The molecular formula is C21H22N8O2S. The zero-order chi connectivity index (χ0) is 22.1. The van der Waals surface area contributed by atoms with Gasteiger partial charge in [0.05, 0.1) is 10.6 Å². The second-order valence-electron chi connectivity index (χ2n) is 7.44. The number of rotatable bonds is 5. The Morgan fingerprint density at radius 3 is 2.31 bits per heavy atom. The number of aryl methyl sites for hydroxylation is 1. The van der Waals surface area contributed by atoms with Crippen molar-refractivity contribution in [2.75, 3.05) is 31.1 Å². The topological polar surface area (TPSA) is 102 Å². The molecule has 0 saturated carbocycles. The zero-order valence-corrected chi connectivity index (χ0v) is 18.3. The highest BCUT2D eigenvalue weighted by molar-refractivity contribution is 7.89. The summed E-state index contributed by atoms with van der Waals surface area (Å²) in [7, 11) is -3.57. The minimum atomic E-state index is -3.57. The number of aromatic nitrogens is 6. The molecule has 1 aliphatic heterocycles. The standard InChI is InChI=1S/C21H22N8O2S/c1-17-24-20(15-21(25-17)27-10-8-22-16-27)26-11-13-28(14-12-26)32(30,31)19-5-3-18(4-6-19)29-9-2-7-23-29/h2-10,15-16H,11-14H2,1H3. The minimum Gasteiger partial charge on any atom is -0.354 e. The summed E-state index contributed by atoms with van der Waals surface area (Å²) in [4.78, 5) is 15.4. The Labute approximate surface area is 185 Å². The van der Waals surface area contributed by atoms with Gasteiger partial charge in [0, 0.05) is 57.0 Å². The first-order valence-electron chi connectivity index (χ1n) is 10.2. The summed E-state index contributed by atoms with van der Waals surface area (Å²) in [6.07, 6.45) is 8.71. The number of hydrogen-bond acceptors (Lipinski definition) is 7. The van der Waals surface area contributed by atoms with E-state index in [1.54, 1.807) is 47.7 Å². The van der Waals surface area contributed by atoms with Gasteiger partial charge in [-0.25, -0.2) is 28.1 Å². The first kappa shape index (κ1) is 20.3. The van der Waals surface area contributed by atoms with Crippen molar-refractivity contribution >= 4 is 15.8 Å². The molecule has 1 saturated heterocycles. The average Bonchev–Trinajstić information content (AvgIpc) is 3.53. The molecule has 0 atom stereocenters. The molecule has 1 aliphatic rings. The van der Waals surface area contributed by atoms with Gasteiger partial charge in [0.25, 0.3) is 0 Å². The lowest BCUT2D eigenvalue weighted by atomic mass is 10.3. The first-order valence-corrected chi connectivity index (χ1v) is 11.6. The van der Waals surface area contributed by atoms with Crippen LogP contribution >= 0.6 is 0 Å². The van der Waals surface area contributed by atoms with Crippen LogP contribution in [0.5, 0.6) is 0 Å². The highest BCUT2D eigenvalue weighted by Crippen LogP contribution is 2.22. The van der Waals surface area contributed by atoms with Gasteiger partial charge in [-0.05, 0) is 37.3 Å². The molecule has 1 fully saturated rings. The van der Waals surface area contributed by atoms with Gasteiger partial charge >= 0.3 is 0 Å². The van der Waals surface area contributed by atoms with E-state index in [1.165, 1.54) is 4.31 Å². The molecule has 5 rings (SSSR count). The maximum absolute atomic E-state index is 13.1. The smallest absolute Gasteiger partial charge is 0.243 e. The number of benzene rings is 1. The highest BCUT2D eigenvalue weighted by Gasteiger charge is 2.29. The van der Waals surface area contributed by atoms with Crippen LogP contribution in [0.15, 0.2) is 72.4 Å². The second-order valence-corrected chi connectivity index (χ2v) is 9.38. The highest BCUT2D eigenvalue weighted by atomic mass is 32.2. The van der Waals surface area contributed by atoms with Crippen molar-refractivity contribution in [2.45, 2.75) is 11.8 Å². The Balaban J connectivity index is 1.30. The third kappa shape index (κ3) is 3.87. The van der Waals surface area contributed by atoms with Gasteiger partial charge in [-0.15, -0.1) is 0 Å². The Bertz CT molecular complexity index is 1290. The molecule has 0 aliphatic carbocycles. The molecule has 4 aromatic rings. The second kappa shape index (κ2) is 8.17. The van der Waals surface area contributed by atoms with Crippen LogP contribution in [-0.4, -0.2) is 68.2 Å². The van der Waals surface area contributed by atoms with Crippen molar-refractivity contribution in [3.05, 3.63) is 73.3 Å². The van der Waals surface area contributed by atoms with Gasteiger partial charge < -0.3 is 4.90 Å². The number of sulfonamides is 1. The van der Waals surface area contributed by atoms with Crippen LogP contribution in [0.2, 0.25) is 0 Å². The predicted octanol–water partition coefficient (Wildman–Crippen LogP) is 1.67. The third-order valence-corrected chi connectivity index (χ3v) is 7.30. The summed E-state index contributed by atoms with van der Waals surface area (Å²) < 4.78 is 31.3. The van der Waals surface area contributed by atoms with Crippen LogP contribution < -0.4 is 4.90 Å². The van der Waals surface area contributed by atoms with E-state index in [0.29, 0.717) is 32.0 Å². The minimum absolute atomic E-state index is 0.280. The number of hydrogen-bond donors (Lipinski definition) is 0. The number of anilines is 1. The van der Waals surface area contributed by atoms with E-state index >= 15 is 0 Å². The van der Waals surface area contributed by atoms with E-state index in [0.717, 1.165) is 17.3 Å². The van der Waals surface area contributed by atoms with Gasteiger partial charge in [-0.1, -0.05) is 0 Å². The van der Waals surface area contributed by atoms with Crippen LogP contribution in [0.1, 0.15) is 5.82 Å². The Kier molecular flexibility index (Phi) is 5.19. The fourth-order valence-electron chi connectivity index (χ4n) is 3.72. The molecule has 4 heterocycles. The van der Waals surface area contributed by atoms with Gasteiger partial charge in [0.2, 0.25) is 10.0 Å². The van der Waals surface area contributed by atoms with E-state index in [-0.39, 0.29) is 4.90 Å². The Hall–Kier alpha value is -3.57. The number of piperazine rings is 1.